The largest absolute Gasteiger partial charge is 0.296 e. The van der Waals surface area contributed by atoms with E-state index in [4.69, 9.17) is 0 Å². The fourth-order valence-electron chi connectivity index (χ4n) is 2.42. The zero-order chi connectivity index (χ0) is 16.1. The number of aryl methyl sites for hydroxylation is 1. The van der Waals surface area contributed by atoms with Crippen LogP contribution in [-0.4, -0.2) is 24.8 Å². The molecule has 0 aromatic heterocycles. The molecule has 0 atom stereocenters. The summed E-state index contributed by atoms with van der Waals surface area (Å²) in [5.41, 5.74) is 0.830. The molecule has 1 aliphatic rings. The second-order valence-electron chi connectivity index (χ2n) is 4.94. The van der Waals surface area contributed by atoms with Crippen LogP contribution in [0, 0.1) is 6.92 Å². The van der Waals surface area contributed by atoms with Crippen molar-refractivity contribution in [3.63, 3.8) is 0 Å². The Balaban J connectivity index is 2.23. The van der Waals surface area contributed by atoms with E-state index in [-0.39, 0.29) is 16.8 Å². The lowest BCUT2D eigenvalue weighted by atomic mass is 10.1. The number of carbonyl (C=O) groups is 2. The highest BCUT2D eigenvalue weighted by Gasteiger charge is 2.38. The van der Waals surface area contributed by atoms with Crippen LogP contribution in [0.25, 0.3) is 0 Å². The van der Waals surface area contributed by atoms with Crippen LogP contribution >= 0.6 is 0 Å². The van der Waals surface area contributed by atoms with E-state index in [0.29, 0.717) is 5.56 Å². The molecule has 3 rings (SSSR count). The quantitative estimate of drug-likeness (QED) is 0.676. The van der Waals surface area contributed by atoms with Gasteiger partial charge in [-0.2, -0.15) is 8.42 Å². The van der Waals surface area contributed by atoms with Gasteiger partial charge in [-0.25, -0.2) is 4.90 Å². The van der Waals surface area contributed by atoms with Gasteiger partial charge in [-0.1, -0.05) is 18.2 Å². The van der Waals surface area contributed by atoms with E-state index in [1.165, 1.54) is 24.3 Å². The van der Waals surface area contributed by atoms with Gasteiger partial charge >= 0.3 is 0 Å². The van der Waals surface area contributed by atoms with Crippen molar-refractivity contribution in [2.75, 3.05) is 4.90 Å². The molecule has 2 aromatic carbocycles. The maximum Gasteiger partial charge on any atom is 0.296 e. The third kappa shape index (κ3) is 2.11. The monoisotopic (exact) mass is 317 g/mol. The highest BCUT2D eigenvalue weighted by Crippen LogP contribution is 2.33. The molecule has 1 heterocycles. The maximum atomic E-state index is 12.4. The molecule has 0 fully saturated rings. The summed E-state index contributed by atoms with van der Waals surface area (Å²) in [6.45, 7) is 1.64. The minimum Gasteiger partial charge on any atom is -0.282 e. The van der Waals surface area contributed by atoms with E-state index in [0.717, 1.165) is 4.90 Å². The SMILES string of the molecule is Cc1ccc(N2C(=O)c3ccccc3C2=O)c(S(=O)(=O)O)c1. The van der Waals surface area contributed by atoms with Crippen LogP contribution in [0.4, 0.5) is 5.69 Å². The van der Waals surface area contributed by atoms with Crippen LogP contribution in [0.1, 0.15) is 26.3 Å². The number of anilines is 1. The maximum absolute atomic E-state index is 12.4. The Morgan fingerprint density at radius 3 is 2.00 bits per heavy atom. The van der Waals surface area contributed by atoms with Crippen molar-refractivity contribution in [1.82, 2.24) is 0 Å². The van der Waals surface area contributed by atoms with Crippen molar-refractivity contribution in [2.45, 2.75) is 11.8 Å². The second-order valence-corrected chi connectivity index (χ2v) is 6.33. The van der Waals surface area contributed by atoms with Crippen LogP contribution < -0.4 is 4.90 Å². The van der Waals surface area contributed by atoms with Crippen LogP contribution in [-0.2, 0) is 10.1 Å². The molecule has 2 amide bonds. The Hall–Kier alpha value is -2.51. The number of amides is 2. The third-order valence-electron chi connectivity index (χ3n) is 3.43. The molecule has 0 aliphatic carbocycles. The van der Waals surface area contributed by atoms with Crippen molar-refractivity contribution in [3.8, 4) is 0 Å². The molecule has 0 spiro atoms. The Bertz CT molecular complexity index is 882. The van der Waals surface area contributed by atoms with Crippen molar-refractivity contribution in [1.29, 1.82) is 0 Å². The summed E-state index contributed by atoms with van der Waals surface area (Å²) in [7, 11) is -4.57. The number of carbonyl (C=O) groups excluding carboxylic acids is 2. The van der Waals surface area contributed by atoms with E-state index in [2.05, 4.69) is 0 Å². The van der Waals surface area contributed by atoms with Gasteiger partial charge in [0.15, 0.2) is 0 Å². The smallest absolute Gasteiger partial charge is 0.282 e. The molecule has 1 aliphatic heterocycles. The molecule has 22 heavy (non-hydrogen) atoms. The second kappa shape index (κ2) is 4.75. The normalized spacial score (nSPS) is 14.4. The van der Waals surface area contributed by atoms with E-state index < -0.39 is 26.8 Å². The van der Waals surface area contributed by atoms with E-state index in [9.17, 15) is 22.6 Å². The Morgan fingerprint density at radius 2 is 1.50 bits per heavy atom. The van der Waals surface area contributed by atoms with Gasteiger partial charge < -0.3 is 0 Å². The highest BCUT2D eigenvalue weighted by atomic mass is 32.2. The number of hydrogen-bond donors (Lipinski definition) is 1. The molecule has 1 N–H and O–H groups in total. The van der Waals surface area contributed by atoms with E-state index in [1.807, 2.05) is 0 Å². The van der Waals surface area contributed by atoms with Crippen molar-refractivity contribution < 1.29 is 22.6 Å². The third-order valence-corrected chi connectivity index (χ3v) is 4.31. The first-order valence-corrected chi connectivity index (χ1v) is 7.80. The number of fused-ring (bicyclic) bond motifs is 1. The fraction of sp³-hybridized carbons (Fsp3) is 0.0667. The molecule has 112 valence electrons. The Labute approximate surface area is 126 Å². The summed E-state index contributed by atoms with van der Waals surface area (Å²) < 4.78 is 32.5. The van der Waals surface area contributed by atoms with Crippen molar-refractivity contribution in [3.05, 3.63) is 59.2 Å². The number of benzene rings is 2. The number of imide groups is 1. The minimum atomic E-state index is -4.57. The average molecular weight is 317 g/mol. The van der Waals surface area contributed by atoms with Gasteiger partial charge in [0.25, 0.3) is 21.9 Å². The molecular weight excluding hydrogens is 306 g/mol. The van der Waals surface area contributed by atoms with Crippen LogP contribution in [0.2, 0.25) is 0 Å². The van der Waals surface area contributed by atoms with Crippen LogP contribution in [0.3, 0.4) is 0 Å². The molecule has 6 nitrogen and oxygen atoms in total. The lowest BCUT2D eigenvalue weighted by Crippen LogP contribution is -2.30. The standard InChI is InChI=1S/C15H11NO5S/c1-9-6-7-12(13(8-9)22(19,20)21)16-14(17)10-4-2-3-5-11(10)15(16)18/h2-8H,1H3,(H,19,20,21). The van der Waals surface area contributed by atoms with Crippen LogP contribution in [0.5, 0.6) is 0 Å². The van der Waals surface area contributed by atoms with Gasteiger partial charge in [0.1, 0.15) is 4.90 Å². The highest BCUT2D eigenvalue weighted by molar-refractivity contribution is 7.86. The van der Waals surface area contributed by atoms with Gasteiger partial charge in [0.05, 0.1) is 16.8 Å². The zero-order valence-electron chi connectivity index (χ0n) is 11.5. The summed E-state index contributed by atoms with van der Waals surface area (Å²) in [4.78, 5) is 25.1. The predicted molar refractivity (Wildman–Crippen MR) is 78.6 cm³/mol. The number of hydrogen-bond acceptors (Lipinski definition) is 4. The zero-order valence-corrected chi connectivity index (χ0v) is 12.3. The van der Waals surface area contributed by atoms with E-state index in [1.54, 1.807) is 25.1 Å². The summed E-state index contributed by atoms with van der Waals surface area (Å²) in [5.74, 6) is -1.23. The fourth-order valence-corrected chi connectivity index (χ4v) is 3.18. The summed E-state index contributed by atoms with van der Waals surface area (Å²) >= 11 is 0. The van der Waals surface area contributed by atoms with Gasteiger partial charge in [-0.05, 0) is 36.8 Å². The van der Waals surface area contributed by atoms with Crippen molar-refractivity contribution in [2.24, 2.45) is 0 Å². The van der Waals surface area contributed by atoms with Gasteiger partial charge in [0.2, 0.25) is 0 Å². The lowest BCUT2D eigenvalue weighted by molar-refractivity contribution is 0.0925. The summed E-state index contributed by atoms with van der Waals surface area (Å²) in [6, 6.07) is 10.3. The molecular formula is C15H11NO5S. The molecule has 2 aromatic rings. The van der Waals surface area contributed by atoms with Gasteiger partial charge in [-0.3, -0.25) is 14.1 Å². The average Bonchev–Trinajstić information content (AvgIpc) is 2.71. The number of rotatable bonds is 2. The first kappa shape index (κ1) is 14.4. The van der Waals surface area contributed by atoms with E-state index >= 15 is 0 Å². The molecule has 0 radical (unpaired) electrons. The molecule has 0 bridgehead atoms. The first-order valence-electron chi connectivity index (χ1n) is 6.36. The Morgan fingerprint density at radius 1 is 0.955 bits per heavy atom. The van der Waals surface area contributed by atoms with Gasteiger partial charge in [-0.15, -0.1) is 0 Å². The Kier molecular flexibility index (Phi) is 3.12. The predicted octanol–water partition coefficient (Wildman–Crippen LogP) is 2.04. The minimum absolute atomic E-state index is 0.153. The molecule has 0 saturated heterocycles. The molecule has 0 saturated carbocycles. The van der Waals surface area contributed by atoms with Crippen LogP contribution in [0.15, 0.2) is 47.4 Å². The lowest BCUT2D eigenvalue weighted by Gasteiger charge is -2.17. The molecule has 7 heteroatoms. The van der Waals surface area contributed by atoms with Crippen molar-refractivity contribution >= 4 is 27.6 Å². The summed E-state index contributed by atoms with van der Waals surface area (Å²) in [6.07, 6.45) is 0. The number of nitrogens with zero attached hydrogens (tertiary/aromatic N) is 1. The first-order chi connectivity index (χ1) is 10.3. The molecule has 0 unspecified atom stereocenters. The van der Waals surface area contributed by atoms with Gasteiger partial charge in [0, 0.05) is 0 Å². The summed E-state index contributed by atoms with van der Waals surface area (Å²) in [5, 5.41) is 0. The topological polar surface area (TPSA) is 91.8 Å².